The van der Waals surface area contributed by atoms with Crippen LogP contribution in [0.25, 0.3) is 0 Å². The van der Waals surface area contributed by atoms with Gasteiger partial charge in [-0.1, -0.05) is 11.6 Å². The third kappa shape index (κ3) is 1.74. The molecule has 2 aliphatic heterocycles. The number of likely N-dealkylation sites (N-methyl/N-ethyl adjacent to an activating group) is 1. The average Bonchev–Trinajstić information content (AvgIpc) is 3.03. The number of rotatable bonds is 1. The van der Waals surface area contributed by atoms with Crippen LogP contribution in [0.15, 0.2) is 24.4 Å². The highest BCUT2D eigenvalue weighted by Crippen LogP contribution is 2.52. The standard InChI is InChI=1S/C17H17ClN4O2/c1-9(2)22-15-12(8-19-22)17(7-14(23)20-15)11-6-10(18)4-5-13(11)21(3)16(17)24/h4-6,8-9H,7H2,1-3H3,(H,20,23). The molecule has 124 valence electrons. The van der Waals surface area contributed by atoms with Crippen molar-refractivity contribution in [1.82, 2.24) is 9.78 Å². The lowest BCUT2D eigenvalue weighted by Crippen LogP contribution is -2.45. The number of carbonyl (C=O) groups is 2. The molecular formula is C17H17ClN4O2. The van der Waals surface area contributed by atoms with Gasteiger partial charge in [-0.2, -0.15) is 5.10 Å². The topological polar surface area (TPSA) is 67.2 Å². The van der Waals surface area contributed by atoms with Crippen LogP contribution in [0.2, 0.25) is 5.02 Å². The van der Waals surface area contributed by atoms with Gasteiger partial charge in [-0.05, 0) is 37.6 Å². The Morgan fingerprint density at radius 1 is 1.29 bits per heavy atom. The molecule has 3 heterocycles. The molecule has 0 bridgehead atoms. The SMILES string of the molecule is CC(C)n1ncc2c1NC(=O)CC21C(=O)N(C)c2ccc(Cl)cc21. The van der Waals surface area contributed by atoms with Crippen LogP contribution < -0.4 is 10.2 Å². The lowest BCUT2D eigenvalue weighted by Gasteiger charge is -2.32. The van der Waals surface area contributed by atoms with Gasteiger partial charge in [0.15, 0.2) is 0 Å². The van der Waals surface area contributed by atoms with E-state index in [2.05, 4.69) is 10.4 Å². The molecule has 1 atom stereocenters. The maximum atomic E-state index is 13.2. The van der Waals surface area contributed by atoms with E-state index in [1.807, 2.05) is 19.9 Å². The predicted molar refractivity (Wildman–Crippen MR) is 91.5 cm³/mol. The van der Waals surface area contributed by atoms with Crippen molar-refractivity contribution in [2.75, 3.05) is 17.3 Å². The summed E-state index contributed by atoms with van der Waals surface area (Å²) in [5, 5.41) is 7.83. The third-order valence-corrected chi connectivity index (χ3v) is 5.11. The van der Waals surface area contributed by atoms with Gasteiger partial charge < -0.3 is 10.2 Å². The largest absolute Gasteiger partial charge is 0.314 e. The van der Waals surface area contributed by atoms with Crippen molar-refractivity contribution in [3.05, 3.63) is 40.5 Å². The Labute approximate surface area is 144 Å². The van der Waals surface area contributed by atoms with Crippen LogP contribution in [0.5, 0.6) is 0 Å². The molecule has 2 aliphatic rings. The van der Waals surface area contributed by atoms with E-state index in [1.165, 1.54) is 0 Å². The zero-order valence-electron chi connectivity index (χ0n) is 13.6. The molecule has 1 spiro atoms. The van der Waals surface area contributed by atoms with Gasteiger partial charge >= 0.3 is 0 Å². The van der Waals surface area contributed by atoms with Crippen LogP contribution >= 0.6 is 11.6 Å². The lowest BCUT2D eigenvalue weighted by molar-refractivity contribution is -0.126. The first-order valence-electron chi connectivity index (χ1n) is 7.82. The summed E-state index contributed by atoms with van der Waals surface area (Å²) in [4.78, 5) is 27.3. The number of hydrogen-bond donors (Lipinski definition) is 1. The van der Waals surface area contributed by atoms with Crippen LogP contribution in [0.3, 0.4) is 0 Å². The summed E-state index contributed by atoms with van der Waals surface area (Å²) >= 11 is 6.19. The number of anilines is 2. The number of benzene rings is 1. The first kappa shape index (κ1) is 15.2. The number of hydrogen-bond acceptors (Lipinski definition) is 3. The van der Waals surface area contributed by atoms with E-state index < -0.39 is 5.41 Å². The van der Waals surface area contributed by atoms with Gasteiger partial charge in [0.25, 0.3) is 0 Å². The summed E-state index contributed by atoms with van der Waals surface area (Å²) in [6.07, 6.45) is 1.75. The molecule has 1 unspecified atom stereocenters. The lowest BCUT2D eigenvalue weighted by atomic mass is 9.72. The second kappa shape index (κ2) is 4.83. The molecular weight excluding hydrogens is 328 g/mol. The zero-order valence-corrected chi connectivity index (χ0v) is 14.4. The monoisotopic (exact) mass is 344 g/mol. The minimum absolute atomic E-state index is 0.0559. The molecule has 0 saturated heterocycles. The summed E-state index contributed by atoms with van der Waals surface area (Å²) in [6.45, 7) is 3.96. The van der Waals surface area contributed by atoms with Gasteiger partial charge in [0.1, 0.15) is 11.2 Å². The number of nitrogens with zero attached hydrogens (tertiary/aromatic N) is 3. The fourth-order valence-corrected chi connectivity index (χ4v) is 3.96. The molecule has 0 saturated carbocycles. The quantitative estimate of drug-likeness (QED) is 0.865. The molecule has 6 nitrogen and oxygen atoms in total. The minimum atomic E-state index is -1.06. The molecule has 1 aromatic heterocycles. The maximum Gasteiger partial charge on any atom is 0.242 e. The fourth-order valence-electron chi connectivity index (χ4n) is 3.79. The van der Waals surface area contributed by atoms with Crippen molar-refractivity contribution in [2.24, 2.45) is 0 Å². The van der Waals surface area contributed by atoms with Crippen LogP contribution in [-0.2, 0) is 15.0 Å². The molecule has 24 heavy (non-hydrogen) atoms. The first-order valence-corrected chi connectivity index (χ1v) is 8.20. The Kier molecular flexibility index (Phi) is 3.06. The van der Waals surface area contributed by atoms with Crippen LogP contribution in [0, 0.1) is 0 Å². The summed E-state index contributed by atoms with van der Waals surface area (Å²) in [6, 6.07) is 5.43. The number of fused-ring (bicyclic) bond motifs is 4. The van der Waals surface area contributed by atoms with E-state index in [0.717, 1.165) is 16.8 Å². The van der Waals surface area contributed by atoms with Crippen molar-refractivity contribution in [3.63, 3.8) is 0 Å². The molecule has 4 rings (SSSR count). The maximum absolute atomic E-state index is 13.2. The molecule has 2 amide bonds. The Morgan fingerprint density at radius 2 is 2.04 bits per heavy atom. The summed E-state index contributed by atoms with van der Waals surface area (Å²) in [5.74, 6) is 0.273. The van der Waals surface area contributed by atoms with Crippen molar-refractivity contribution in [1.29, 1.82) is 0 Å². The van der Waals surface area contributed by atoms with Gasteiger partial charge in [0.2, 0.25) is 11.8 Å². The van der Waals surface area contributed by atoms with E-state index in [1.54, 1.807) is 35.0 Å². The van der Waals surface area contributed by atoms with Crippen LogP contribution in [0.4, 0.5) is 11.5 Å². The molecule has 1 N–H and O–H groups in total. The van der Waals surface area contributed by atoms with E-state index in [0.29, 0.717) is 10.8 Å². The van der Waals surface area contributed by atoms with Crippen molar-refractivity contribution in [2.45, 2.75) is 31.7 Å². The number of carbonyl (C=O) groups excluding carboxylic acids is 2. The second-order valence-electron chi connectivity index (χ2n) is 6.60. The van der Waals surface area contributed by atoms with Crippen LogP contribution in [-0.4, -0.2) is 28.6 Å². The average molecular weight is 345 g/mol. The number of amides is 2. The van der Waals surface area contributed by atoms with Gasteiger partial charge in [-0.3, -0.25) is 9.59 Å². The molecule has 2 aromatic rings. The van der Waals surface area contributed by atoms with E-state index in [9.17, 15) is 9.59 Å². The van der Waals surface area contributed by atoms with E-state index in [-0.39, 0.29) is 24.3 Å². The predicted octanol–water partition coefficient (Wildman–Crippen LogP) is 2.72. The molecule has 0 radical (unpaired) electrons. The third-order valence-electron chi connectivity index (χ3n) is 4.88. The summed E-state index contributed by atoms with van der Waals surface area (Å²) < 4.78 is 1.74. The fraction of sp³-hybridized carbons (Fsp3) is 0.353. The molecule has 0 fully saturated rings. The Morgan fingerprint density at radius 3 is 2.75 bits per heavy atom. The van der Waals surface area contributed by atoms with Gasteiger partial charge in [0, 0.05) is 35.8 Å². The Balaban J connectivity index is 2.05. The number of nitrogens with one attached hydrogen (secondary N) is 1. The minimum Gasteiger partial charge on any atom is -0.314 e. The molecule has 7 heteroatoms. The van der Waals surface area contributed by atoms with Crippen molar-refractivity contribution < 1.29 is 9.59 Å². The highest BCUT2D eigenvalue weighted by Gasteiger charge is 2.56. The Bertz CT molecular complexity index is 889. The smallest absolute Gasteiger partial charge is 0.242 e. The van der Waals surface area contributed by atoms with Gasteiger partial charge in [0.05, 0.1) is 6.20 Å². The van der Waals surface area contributed by atoms with Gasteiger partial charge in [-0.15, -0.1) is 0 Å². The van der Waals surface area contributed by atoms with Crippen LogP contribution in [0.1, 0.15) is 37.4 Å². The first-order chi connectivity index (χ1) is 11.4. The summed E-state index contributed by atoms with van der Waals surface area (Å²) in [5.41, 5.74) is 1.22. The van der Waals surface area contributed by atoms with E-state index >= 15 is 0 Å². The molecule has 1 aromatic carbocycles. The number of halogens is 1. The highest BCUT2D eigenvalue weighted by molar-refractivity contribution is 6.31. The molecule has 0 aliphatic carbocycles. The highest BCUT2D eigenvalue weighted by atomic mass is 35.5. The normalized spacial score (nSPS) is 22.1. The van der Waals surface area contributed by atoms with E-state index in [4.69, 9.17) is 11.6 Å². The Hall–Kier alpha value is -2.34. The van der Waals surface area contributed by atoms with Crippen molar-refractivity contribution >= 4 is 34.9 Å². The van der Waals surface area contributed by atoms with Crippen molar-refractivity contribution in [3.8, 4) is 0 Å². The summed E-state index contributed by atoms with van der Waals surface area (Å²) in [7, 11) is 1.73. The zero-order chi connectivity index (χ0) is 17.2. The number of aromatic nitrogens is 2. The van der Waals surface area contributed by atoms with Gasteiger partial charge in [-0.25, -0.2) is 4.68 Å². The second-order valence-corrected chi connectivity index (χ2v) is 7.04.